The average Bonchev–Trinajstić information content (AvgIpc) is 2.59. The first kappa shape index (κ1) is 13.4. The Balaban J connectivity index is 2.64. The molecule has 0 saturated heterocycles. The van der Waals surface area contributed by atoms with Crippen LogP contribution in [0.4, 0.5) is 0 Å². The molecule has 0 amide bonds. The number of nitrogens with zero attached hydrogens (tertiary/aromatic N) is 2. The van der Waals surface area contributed by atoms with Gasteiger partial charge in [0.05, 0.1) is 5.69 Å². The summed E-state index contributed by atoms with van der Waals surface area (Å²) in [5.41, 5.74) is 3.04. The molecule has 4 heteroatoms. The van der Waals surface area contributed by atoms with Crippen molar-refractivity contribution in [3.8, 4) is 11.1 Å². The van der Waals surface area contributed by atoms with Crippen LogP contribution in [0.25, 0.3) is 11.1 Å². The van der Waals surface area contributed by atoms with Crippen LogP contribution in [0.2, 0.25) is 10.0 Å². The van der Waals surface area contributed by atoms with Crippen molar-refractivity contribution in [2.75, 3.05) is 0 Å². The molecule has 1 heterocycles. The number of hydrogen-bond acceptors (Lipinski definition) is 1. The molecule has 0 aliphatic heterocycles. The molecule has 0 aliphatic carbocycles. The molecule has 0 unspecified atom stereocenters. The SMILES string of the molecule is Cn1cc(-c2ccc(Cl)cc2Cl)c(C(C)(C)C)n1. The highest BCUT2D eigenvalue weighted by Gasteiger charge is 2.23. The van der Waals surface area contributed by atoms with E-state index in [1.54, 1.807) is 6.07 Å². The fourth-order valence-electron chi connectivity index (χ4n) is 1.95. The summed E-state index contributed by atoms with van der Waals surface area (Å²) in [6, 6.07) is 5.55. The third-order valence-corrected chi connectivity index (χ3v) is 3.31. The van der Waals surface area contributed by atoms with E-state index in [2.05, 4.69) is 25.9 Å². The molecule has 0 radical (unpaired) electrons. The van der Waals surface area contributed by atoms with Gasteiger partial charge >= 0.3 is 0 Å². The molecule has 0 spiro atoms. The second kappa shape index (κ2) is 4.60. The predicted octanol–water partition coefficient (Wildman–Crippen LogP) is 4.69. The fourth-order valence-corrected chi connectivity index (χ4v) is 2.46. The van der Waals surface area contributed by atoms with E-state index in [-0.39, 0.29) is 5.41 Å². The molecule has 0 atom stereocenters. The molecule has 96 valence electrons. The van der Waals surface area contributed by atoms with E-state index in [1.807, 2.05) is 30.1 Å². The van der Waals surface area contributed by atoms with Gasteiger partial charge in [0, 0.05) is 39.8 Å². The van der Waals surface area contributed by atoms with Crippen LogP contribution < -0.4 is 0 Å². The van der Waals surface area contributed by atoms with Crippen LogP contribution in [-0.4, -0.2) is 9.78 Å². The van der Waals surface area contributed by atoms with Gasteiger partial charge in [-0.1, -0.05) is 50.0 Å². The predicted molar refractivity (Wildman–Crippen MR) is 77.4 cm³/mol. The van der Waals surface area contributed by atoms with Gasteiger partial charge in [0.25, 0.3) is 0 Å². The second-order valence-corrected chi connectivity index (χ2v) is 6.28. The van der Waals surface area contributed by atoms with Crippen molar-refractivity contribution in [2.24, 2.45) is 7.05 Å². The van der Waals surface area contributed by atoms with Gasteiger partial charge in [0.15, 0.2) is 0 Å². The monoisotopic (exact) mass is 282 g/mol. The van der Waals surface area contributed by atoms with E-state index < -0.39 is 0 Å². The molecule has 2 aromatic rings. The largest absolute Gasteiger partial charge is 0.275 e. The van der Waals surface area contributed by atoms with Crippen LogP contribution in [0.1, 0.15) is 26.5 Å². The van der Waals surface area contributed by atoms with Crippen molar-refractivity contribution < 1.29 is 0 Å². The zero-order chi connectivity index (χ0) is 13.5. The molecule has 0 N–H and O–H groups in total. The smallest absolute Gasteiger partial charge is 0.0756 e. The molecule has 18 heavy (non-hydrogen) atoms. The Labute approximate surface area is 118 Å². The Hall–Kier alpha value is -0.990. The Morgan fingerprint density at radius 1 is 1.11 bits per heavy atom. The van der Waals surface area contributed by atoms with Crippen LogP contribution in [0, 0.1) is 0 Å². The van der Waals surface area contributed by atoms with Crippen molar-refractivity contribution in [3.63, 3.8) is 0 Å². The van der Waals surface area contributed by atoms with E-state index in [0.717, 1.165) is 16.8 Å². The molecular weight excluding hydrogens is 267 g/mol. The summed E-state index contributed by atoms with van der Waals surface area (Å²) in [7, 11) is 1.92. The lowest BCUT2D eigenvalue weighted by Crippen LogP contribution is -2.13. The summed E-state index contributed by atoms with van der Waals surface area (Å²) in [5.74, 6) is 0. The van der Waals surface area contributed by atoms with E-state index in [1.165, 1.54) is 0 Å². The minimum atomic E-state index is -0.0282. The molecule has 0 bridgehead atoms. The van der Waals surface area contributed by atoms with Crippen molar-refractivity contribution in [1.82, 2.24) is 9.78 Å². The van der Waals surface area contributed by atoms with E-state index in [4.69, 9.17) is 23.2 Å². The minimum Gasteiger partial charge on any atom is -0.275 e. The van der Waals surface area contributed by atoms with Crippen LogP contribution in [-0.2, 0) is 12.5 Å². The summed E-state index contributed by atoms with van der Waals surface area (Å²) in [6.07, 6.45) is 2.00. The maximum Gasteiger partial charge on any atom is 0.0756 e. The first-order chi connectivity index (χ1) is 8.29. The van der Waals surface area contributed by atoms with Gasteiger partial charge in [-0.2, -0.15) is 5.10 Å². The lowest BCUT2D eigenvalue weighted by molar-refractivity contribution is 0.554. The number of rotatable bonds is 1. The highest BCUT2D eigenvalue weighted by atomic mass is 35.5. The summed E-state index contributed by atoms with van der Waals surface area (Å²) in [6.45, 7) is 6.42. The zero-order valence-corrected chi connectivity index (χ0v) is 12.5. The van der Waals surface area contributed by atoms with E-state index in [0.29, 0.717) is 10.0 Å². The van der Waals surface area contributed by atoms with Crippen LogP contribution in [0.3, 0.4) is 0 Å². The molecule has 0 saturated carbocycles. The third-order valence-electron chi connectivity index (χ3n) is 2.76. The summed E-state index contributed by atoms with van der Waals surface area (Å²) < 4.78 is 1.82. The van der Waals surface area contributed by atoms with Crippen molar-refractivity contribution in [1.29, 1.82) is 0 Å². The quantitative estimate of drug-likeness (QED) is 0.742. The molecule has 0 fully saturated rings. The number of hydrogen-bond donors (Lipinski definition) is 0. The van der Waals surface area contributed by atoms with Gasteiger partial charge in [-0.15, -0.1) is 0 Å². The summed E-state index contributed by atoms with van der Waals surface area (Å²) >= 11 is 12.2. The maximum atomic E-state index is 6.27. The van der Waals surface area contributed by atoms with Crippen molar-refractivity contribution >= 4 is 23.2 Å². The number of halogens is 2. The van der Waals surface area contributed by atoms with Crippen molar-refractivity contribution in [2.45, 2.75) is 26.2 Å². The molecule has 2 rings (SSSR count). The molecule has 2 nitrogen and oxygen atoms in total. The molecular formula is C14H16Cl2N2. The van der Waals surface area contributed by atoms with Gasteiger partial charge in [0.1, 0.15) is 0 Å². The van der Waals surface area contributed by atoms with E-state index in [9.17, 15) is 0 Å². The summed E-state index contributed by atoms with van der Waals surface area (Å²) in [4.78, 5) is 0. The van der Waals surface area contributed by atoms with Crippen molar-refractivity contribution in [3.05, 3.63) is 40.1 Å². The van der Waals surface area contributed by atoms with Gasteiger partial charge in [0.2, 0.25) is 0 Å². The maximum absolute atomic E-state index is 6.27. The number of benzene rings is 1. The lowest BCUT2D eigenvalue weighted by atomic mass is 9.87. The number of aromatic nitrogens is 2. The van der Waals surface area contributed by atoms with Gasteiger partial charge in [-0.05, 0) is 12.1 Å². The normalized spacial score (nSPS) is 11.9. The first-order valence-electron chi connectivity index (χ1n) is 5.78. The Kier molecular flexibility index (Phi) is 3.43. The third kappa shape index (κ3) is 2.55. The molecule has 1 aromatic heterocycles. The van der Waals surface area contributed by atoms with Crippen LogP contribution >= 0.6 is 23.2 Å². The first-order valence-corrected chi connectivity index (χ1v) is 6.54. The minimum absolute atomic E-state index is 0.0282. The fraction of sp³-hybridized carbons (Fsp3) is 0.357. The number of aryl methyl sites for hydroxylation is 1. The topological polar surface area (TPSA) is 17.8 Å². The molecule has 0 aliphatic rings. The van der Waals surface area contributed by atoms with Crippen LogP contribution in [0.15, 0.2) is 24.4 Å². The highest BCUT2D eigenvalue weighted by molar-refractivity contribution is 6.36. The van der Waals surface area contributed by atoms with Gasteiger partial charge in [-0.3, -0.25) is 4.68 Å². The lowest BCUT2D eigenvalue weighted by Gasteiger charge is -2.18. The van der Waals surface area contributed by atoms with Crippen LogP contribution in [0.5, 0.6) is 0 Å². The molecule has 1 aromatic carbocycles. The van der Waals surface area contributed by atoms with Gasteiger partial charge in [-0.25, -0.2) is 0 Å². The second-order valence-electron chi connectivity index (χ2n) is 5.44. The Bertz CT molecular complexity index is 580. The standard InChI is InChI=1S/C14H16Cl2N2/c1-14(2,3)13-11(8-18(4)17-13)10-6-5-9(15)7-12(10)16/h5-8H,1-4H3. The van der Waals surface area contributed by atoms with Gasteiger partial charge < -0.3 is 0 Å². The highest BCUT2D eigenvalue weighted by Crippen LogP contribution is 2.36. The Morgan fingerprint density at radius 2 is 1.78 bits per heavy atom. The zero-order valence-electron chi connectivity index (χ0n) is 11.0. The average molecular weight is 283 g/mol. The van der Waals surface area contributed by atoms with E-state index >= 15 is 0 Å². The summed E-state index contributed by atoms with van der Waals surface area (Å²) in [5, 5.41) is 5.84. The Morgan fingerprint density at radius 3 is 2.33 bits per heavy atom.